The van der Waals surface area contributed by atoms with Crippen LogP contribution in [0.15, 0.2) is 36.5 Å². The Morgan fingerprint density at radius 2 is 2.35 bits per heavy atom. The third kappa shape index (κ3) is 4.33. The van der Waals surface area contributed by atoms with Crippen LogP contribution in [0.25, 0.3) is 0 Å². The molecule has 1 rings (SSSR count). The number of carbonyl (C=O) groups is 1. The number of hydrogen-bond donors (Lipinski definition) is 1. The fraction of sp³-hybridized carbons (Fsp3) is 0.182. The molecule has 0 aliphatic heterocycles. The number of ether oxygens (including phenoxy) is 1. The van der Waals surface area contributed by atoms with E-state index in [2.05, 4.69) is 10.1 Å². The van der Waals surface area contributed by atoms with Gasteiger partial charge in [-0.15, -0.1) is 0 Å². The van der Waals surface area contributed by atoms with Gasteiger partial charge in [0.15, 0.2) is 0 Å². The highest BCUT2D eigenvalue weighted by Gasteiger charge is 2.04. The second-order valence-corrected chi connectivity index (χ2v) is 3.16. The predicted octanol–water partition coefficient (Wildman–Crippen LogP) is 1.37. The lowest BCUT2D eigenvalue weighted by Gasteiger charge is -2.00. The van der Waals surface area contributed by atoms with Crippen LogP contribution in [0.1, 0.15) is 5.56 Å². The van der Waals surface area contributed by atoms with Crippen LogP contribution in [0.4, 0.5) is 5.69 Å². The fourth-order valence-corrected chi connectivity index (χ4v) is 1.15. The summed E-state index contributed by atoms with van der Waals surface area (Å²) in [4.78, 5) is 20.8. The van der Waals surface area contributed by atoms with Crippen molar-refractivity contribution in [1.29, 1.82) is 0 Å². The van der Waals surface area contributed by atoms with Gasteiger partial charge in [0.1, 0.15) is 0 Å². The van der Waals surface area contributed by atoms with Gasteiger partial charge in [0, 0.05) is 31.0 Å². The molecule has 17 heavy (non-hydrogen) atoms. The number of non-ortho nitro benzene ring substituents is 1. The van der Waals surface area contributed by atoms with Gasteiger partial charge in [-0.2, -0.15) is 0 Å². The van der Waals surface area contributed by atoms with Crippen LogP contribution in [0.2, 0.25) is 0 Å². The van der Waals surface area contributed by atoms with Crippen molar-refractivity contribution in [3.63, 3.8) is 0 Å². The van der Waals surface area contributed by atoms with Crippen molar-refractivity contribution in [3.8, 4) is 0 Å². The average Bonchev–Trinajstić information content (AvgIpc) is 2.34. The Labute approximate surface area is 98.0 Å². The lowest BCUT2D eigenvalue weighted by atomic mass is 10.2. The van der Waals surface area contributed by atoms with Gasteiger partial charge in [0.25, 0.3) is 5.69 Å². The van der Waals surface area contributed by atoms with E-state index in [1.54, 1.807) is 12.1 Å². The molecule has 0 saturated heterocycles. The lowest BCUT2D eigenvalue weighted by Crippen LogP contribution is -2.06. The topological polar surface area (TPSA) is 81.5 Å². The number of nitrogens with one attached hydrogen (secondary N) is 1. The van der Waals surface area contributed by atoms with Crippen LogP contribution in [0.3, 0.4) is 0 Å². The van der Waals surface area contributed by atoms with Gasteiger partial charge in [-0.05, 0) is 5.56 Å². The maximum atomic E-state index is 10.7. The predicted molar refractivity (Wildman–Crippen MR) is 61.1 cm³/mol. The summed E-state index contributed by atoms with van der Waals surface area (Å²) in [6, 6.07) is 6.26. The van der Waals surface area contributed by atoms with E-state index in [-0.39, 0.29) is 5.69 Å². The molecule has 0 atom stereocenters. The average molecular weight is 236 g/mol. The highest BCUT2D eigenvalue weighted by molar-refractivity contribution is 5.81. The SMILES string of the molecule is COC(=O)/C=C/NCc1cccc([N+](=O)[O-])c1. The molecule has 0 aliphatic carbocycles. The quantitative estimate of drug-likeness (QED) is 0.361. The van der Waals surface area contributed by atoms with E-state index >= 15 is 0 Å². The maximum absolute atomic E-state index is 10.7. The standard InChI is InChI=1S/C11H12N2O4/c1-17-11(14)5-6-12-8-9-3-2-4-10(7-9)13(15)16/h2-7,12H,8H2,1H3/b6-5+. The van der Waals surface area contributed by atoms with Crippen molar-refractivity contribution in [3.05, 3.63) is 52.2 Å². The Kier molecular flexibility index (Phi) is 4.68. The third-order valence-corrected chi connectivity index (χ3v) is 1.97. The molecule has 6 heteroatoms. The summed E-state index contributed by atoms with van der Waals surface area (Å²) in [6.45, 7) is 0.398. The third-order valence-electron chi connectivity index (χ3n) is 1.97. The molecular weight excluding hydrogens is 224 g/mol. The van der Waals surface area contributed by atoms with Crippen LogP contribution < -0.4 is 5.32 Å². The summed E-state index contributed by atoms with van der Waals surface area (Å²) in [5.41, 5.74) is 0.801. The Bertz CT molecular complexity index is 443. The number of methoxy groups -OCH3 is 1. The summed E-state index contributed by atoms with van der Waals surface area (Å²) in [6.07, 6.45) is 2.67. The molecule has 0 aromatic heterocycles. The zero-order valence-corrected chi connectivity index (χ0v) is 9.25. The van der Waals surface area contributed by atoms with Crippen LogP contribution in [0.5, 0.6) is 0 Å². The van der Waals surface area contributed by atoms with E-state index in [0.717, 1.165) is 5.56 Å². The lowest BCUT2D eigenvalue weighted by molar-refractivity contribution is -0.384. The fourth-order valence-electron chi connectivity index (χ4n) is 1.15. The van der Waals surface area contributed by atoms with E-state index in [0.29, 0.717) is 6.54 Å². The molecule has 90 valence electrons. The van der Waals surface area contributed by atoms with Crippen molar-refractivity contribution >= 4 is 11.7 Å². The monoisotopic (exact) mass is 236 g/mol. The van der Waals surface area contributed by atoms with Crippen molar-refractivity contribution in [2.24, 2.45) is 0 Å². The number of nitro groups is 1. The number of benzene rings is 1. The first-order valence-corrected chi connectivity index (χ1v) is 4.84. The minimum absolute atomic E-state index is 0.0428. The molecule has 0 heterocycles. The van der Waals surface area contributed by atoms with E-state index in [4.69, 9.17) is 0 Å². The Morgan fingerprint density at radius 1 is 1.59 bits per heavy atom. The van der Waals surface area contributed by atoms with Crippen LogP contribution in [-0.4, -0.2) is 18.0 Å². The molecular formula is C11H12N2O4. The summed E-state index contributed by atoms with van der Waals surface area (Å²) in [7, 11) is 1.28. The summed E-state index contributed by atoms with van der Waals surface area (Å²) in [5.74, 6) is -0.462. The van der Waals surface area contributed by atoms with Crippen molar-refractivity contribution in [2.75, 3.05) is 7.11 Å². The van der Waals surface area contributed by atoms with E-state index < -0.39 is 10.9 Å². The molecule has 1 aromatic rings. The zero-order valence-electron chi connectivity index (χ0n) is 9.25. The number of nitro benzene ring substituents is 1. The first-order valence-electron chi connectivity index (χ1n) is 4.84. The second-order valence-electron chi connectivity index (χ2n) is 3.16. The molecule has 0 bridgehead atoms. The Balaban J connectivity index is 2.52. The van der Waals surface area contributed by atoms with Gasteiger partial charge in [-0.3, -0.25) is 10.1 Å². The first kappa shape index (κ1) is 12.7. The second kappa shape index (κ2) is 6.26. The van der Waals surface area contributed by atoms with Gasteiger partial charge < -0.3 is 10.1 Å². The zero-order chi connectivity index (χ0) is 12.7. The van der Waals surface area contributed by atoms with E-state index in [1.165, 1.54) is 31.5 Å². The van der Waals surface area contributed by atoms with Gasteiger partial charge in [-0.1, -0.05) is 12.1 Å². The van der Waals surface area contributed by atoms with Crippen molar-refractivity contribution < 1.29 is 14.5 Å². The minimum Gasteiger partial charge on any atom is -0.466 e. The molecule has 0 spiro atoms. The summed E-state index contributed by atoms with van der Waals surface area (Å²) in [5, 5.41) is 13.4. The number of rotatable bonds is 5. The molecule has 1 N–H and O–H groups in total. The number of carbonyl (C=O) groups excluding carboxylic acids is 1. The normalized spacial score (nSPS) is 10.2. The molecule has 0 saturated carbocycles. The van der Waals surface area contributed by atoms with Gasteiger partial charge >= 0.3 is 5.97 Å². The van der Waals surface area contributed by atoms with Crippen molar-refractivity contribution in [2.45, 2.75) is 6.54 Å². The first-order chi connectivity index (χ1) is 8.13. The van der Waals surface area contributed by atoms with Crippen LogP contribution in [-0.2, 0) is 16.1 Å². The summed E-state index contributed by atoms with van der Waals surface area (Å²) < 4.78 is 4.40. The van der Waals surface area contributed by atoms with Crippen LogP contribution in [0, 0.1) is 10.1 Å². The van der Waals surface area contributed by atoms with E-state index in [1.807, 2.05) is 0 Å². The Hall–Kier alpha value is -2.37. The van der Waals surface area contributed by atoms with Crippen LogP contribution >= 0.6 is 0 Å². The molecule has 0 amide bonds. The molecule has 1 aromatic carbocycles. The Morgan fingerprint density at radius 3 is 3.00 bits per heavy atom. The largest absolute Gasteiger partial charge is 0.466 e. The molecule has 0 unspecified atom stereocenters. The maximum Gasteiger partial charge on any atom is 0.331 e. The number of esters is 1. The van der Waals surface area contributed by atoms with E-state index in [9.17, 15) is 14.9 Å². The summed E-state index contributed by atoms with van der Waals surface area (Å²) >= 11 is 0. The highest BCUT2D eigenvalue weighted by Crippen LogP contribution is 2.12. The van der Waals surface area contributed by atoms with Crippen molar-refractivity contribution in [1.82, 2.24) is 5.32 Å². The molecule has 0 fully saturated rings. The smallest absolute Gasteiger partial charge is 0.331 e. The molecule has 0 radical (unpaired) electrons. The molecule has 6 nitrogen and oxygen atoms in total. The van der Waals surface area contributed by atoms with Gasteiger partial charge in [0.2, 0.25) is 0 Å². The number of hydrogen-bond acceptors (Lipinski definition) is 5. The minimum atomic E-state index is -0.462. The number of nitrogens with zero attached hydrogens (tertiary/aromatic N) is 1. The van der Waals surface area contributed by atoms with Gasteiger partial charge in [-0.25, -0.2) is 4.79 Å². The highest BCUT2D eigenvalue weighted by atomic mass is 16.6. The molecule has 0 aliphatic rings. The van der Waals surface area contributed by atoms with Gasteiger partial charge in [0.05, 0.1) is 12.0 Å².